The second-order valence-corrected chi connectivity index (χ2v) is 4.27. The van der Waals surface area contributed by atoms with E-state index < -0.39 is 0 Å². The summed E-state index contributed by atoms with van der Waals surface area (Å²) in [4.78, 5) is 13.6. The van der Waals surface area contributed by atoms with Crippen LogP contribution in [0.3, 0.4) is 0 Å². The molecule has 2 nitrogen and oxygen atoms in total. The molecule has 0 aromatic heterocycles. The van der Waals surface area contributed by atoms with Crippen LogP contribution < -0.4 is 4.90 Å². The highest BCUT2D eigenvalue weighted by Gasteiger charge is 2.25. The third-order valence-corrected chi connectivity index (χ3v) is 3.12. The maximum absolute atomic E-state index is 11.9. The molecule has 1 aliphatic carbocycles. The molecule has 17 heavy (non-hydrogen) atoms. The molecule has 0 N–H and O–H groups in total. The molecule has 0 fully saturated rings. The zero-order chi connectivity index (χ0) is 11.8. The maximum atomic E-state index is 11.9. The zero-order valence-electron chi connectivity index (χ0n) is 9.68. The topological polar surface area (TPSA) is 20.3 Å². The summed E-state index contributed by atoms with van der Waals surface area (Å²) < 4.78 is 0. The van der Waals surface area contributed by atoms with Crippen molar-refractivity contribution >= 4 is 17.7 Å². The molecule has 0 atom stereocenters. The lowest BCUT2D eigenvalue weighted by Crippen LogP contribution is -2.31. The van der Waals surface area contributed by atoms with Crippen LogP contribution in [0, 0.1) is 0 Å². The smallest absolute Gasteiger partial charge is 0.228 e. The van der Waals surface area contributed by atoms with Crippen LogP contribution in [-0.4, -0.2) is 5.91 Å². The van der Waals surface area contributed by atoms with Gasteiger partial charge >= 0.3 is 0 Å². The summed E-state index contributed by atoms with van der Waals surface area (Å²) in [6, 6.07) is 8.00. The summed E-state index contributed by atoms with van der Waals surface area (Å²) in [5, 5.41) is 0. The predicted molar refractivity (Wildman–Crippen MR) is 69.4 cm³/mol. The van der Waals surface area contributed by atoms with E-state index in [4.69, 9.17) is 0 Å². The standard InChI is InChI=1S/C15H13NO/c1-11(17)16-14-8-4-2-6-12(14)10-13-7-3-5-9-15(13)16/h2-6,8-10H,7H2,1H3. The van der Waals surface area contributed by atoms with Crippen LogP contribution >= 0.6 is 0 Å². The number of allylic oxidation sites excluding steroid dienone is 4. The number of carbonyl (C=O) groups excluding carboxylic acids is 1. The van der Waals surface area contributed by atoms with Crippen molar-refractivity contribution in [2.75, 3.05) is 4.90 Å². The Bertz CT molecular complexity index is 578. The molecule has 1 aliphatic heterocycles. The molecule has 2 aliphatic rings. The molecule has 3 rings (SSSR count). The lowest BCUT2D eigenvalue weighted by molar-refractivity contribution is -0.116. The van der Waals surface area contributed by atoms with Gasteiger partial charge in [-0.1, -0.05) is 30.4 Å². The molecule has 0 saturated heterocycles. The Balaban J connectivity index is 2.24. The van der Waals surface area contributed by atoms with Crippen LogP contribution in [0.5, 0.6) is 0 Å². The van der Waals surface area contributed by atoms with Gasteiger partial charge in [-0.05, 0) is 35.8 Å². The lowest BCUT2D eigenvalue weighted by atomic mass is 9.94. The van der Waals surface area contributed by atoms with Gasteiger partial charge in [0.1, 0.15) is 0 Å². The minimum Gasteiger partial charge on any atom is -0.280 e. The largest absolute Gasteiger partial charge is 0.280 e. The summed E-state index contributed by atoms with van der Waals surface area (Å²) in [5.74, 6) is 0.0598. The second kappa shape index (κ2) is 3.74. The predicted octanol–water partition coefficient (Wildman–Crippen LogP) is 3.28. The van der Waals surface area contributed by atoms with Crippen molar-refractivity contribution in [2.45, 2.75) is 13.3 Å². The Morgan fingerprint density at radius 2 is 2.12 bits per heavy atom. The maximum Gasteiger partial charge on any atom is 0.228 e. The van der Waals surface area contributed by atoms with E-state index in [2.05, 4.69) is 12.2 Å². The van der Waals surface area contributed by atoms with Crippen molar-refractivity contribution in [1.29, 1.82) is 0 Å². The van der Waals surface area contributed by atoms with Crippen LogP contribution in [0.4, 0.5) is 5.69 Å². The monoisotopic (exact) mass is 223 g/mol. The summed E-state index contributed by atoms with van der Waals surface area (Å²) in [7, 11) is 0. The third kappa shape index (κ3) is 1.53. The van der Waals surface area contributed by atoms with Gasteiger partial charge in [-0.3, -0.25) is 9.69 Å². The van der Waals surface area contributed by atoms with Crippen LogP contribution in [0.1, 0.15) is 18.9 Å². The summed E-state index contributed by atoms with van der Waals surface area (Å²) >= 11 is 0. The van der Waals surface area contributed by atoms with Gasteiger partial charge in [0.15, 0.2) is 0 Å². The van der Waals surface area contributed by atoms with Crippen molar-refractivity contribution in [3.8, 4) is 0 Å². The fraction of sp³-hybridized carbons (Fsp3) is 0.133. The van der Waals surface area contributed by atoms with E-state index in [-0.39, 0.29) is 5.91 Å². The number of fused-ring (bicyclic) bond motifs is 2. The average Bonchev–Trinajstić information content (AvgIpc) is 2.35. The highest BCUT2D eigenvalue weighted by Crippen LogP contribution is 2.37. The summed E-state index contributed by atoms with van der Waals surface area (Å²) in [5.41, 5.74) is 4.32. The fourth-order valence-corrected chi connectivity index (χ4v) is 2.39. The first kappa shape index (κ1) is 10.1. The molecule has 0 unspecified atom stereocenters. The van der Waals surface area contributed by atoms with Crippen molar-refractivity contribution in [2.24, 2.45) is 0 Å². The van der Waals surface area contributed by atoms with E-state index in [1.807, 2.05) is 36.4 Å². The molecule has 0 spiro atoms. The number of amides is 1. The molecule has 0 radical (unpaired) electrons. The Morgan fingerprint density at radius 3 is 2.94 bits per heavy atom. The van der Waals surface area contributed by atoms with Crippen LogP contribution in [-0.2, 0) is 4.79 Å². The van der Waals surface area contributed by atoms with Gasteiger partial charge in [0.05, 0.1) is 11.4 Å². The first-order valence-corrected chi connectivity index (χ1v) is 5.75. The number of hydrogen-bond acceptors (Lipinski definition) is 1. The molecular formula is C15H13NO. The number of rotatable bonds is 0. The Morgan fingerprint density at radius 1 is 1.29 bits per heavy atom. The van der Waals surface area contributed by atoms with Gasteiger partial charge in [-0.15, -0.1) is 0 Å². The van der Waals surface area contributed by atoms with Gasteiger partial charge < -0.3 is 0 Å². The van der Waals surface area contributed by atoms with Crippen molar-refractivity contribution in [3.05, 3.63) is 59.3 Å². The van der Waals surface area contributed by atoms with E-state index in [1.54, 1.807) is 11.8 Å². The summed E-state index contributed by atoms with van der Waals surface area (Å²) in [6.45, 7) is 1.61. The first-order valence-electron chi connectivity index (χ1n) is 5.75. The highest BCUT2D eigenvalue weighted by molar-refractivity contribution is 6.01. The molecule has 1 aromatic carbocycles. The van der Waals surface area contributed by atoms with E-state index in [0.29, 0.717) is 0 Å². The normalized spacial score (nSPS) is 16.9. The second-order valence-electron chi connectivity index (χ2n) is 4.27. The van der Waals surface area contributed by atoms with E-state index in [1.165, 1.54) is 5.57 Å². The number of hydrogen-bond donors (Lipinski definition) is 0. The number of para-hydroxylation sites is 1. The average molecular weight is 223 g/mol. The Labute approximate surface area is 101 Å². The van der Waals surface area contributed by atoms with Crippen LogP contribution in [0.2, 0.25) is 0 Å². The van der Waals surface area contributed by atoms with Crippen LogP contribution in [0.25, 0.3) is 6.08 Å². The fourth-order valence-electron chi connectivity index (χ4n) is 2.39. The minimum atomic E-state index is 0.0598. The van der Waals surface area contributed by atoms with E-state index in [0.717, 1.165) is 23.4 Å². The molecular weight excluding hydrogens is 210 g/mol. The molecule has 1 heterocycles. The molecule has 1 amide bonds. The number of anilines is 1. The lowest BCUT2D eigenvalue weighted by Gasteiger charge is -2.32. The molecule has 0 bridgehead atoms. The van der Waals surface area contributed by atoms with Gasteiger partial charge in [0, 0.05) is 6.92 Å². The third-order valence-electron chi connectivity index (χ3n) is 3.12. The highest BCUT2D eigenvalue weighted by atomic mass is 16.2. The van der Waals surface area contributed by atoms with Gasteiger partial charge in [0.2, 0.25) is 5.91 Å². The van der Waals surface area contributed by atoms with Gasteiger partial charge in [0.25, 0.3) is 0 Å². The SMILES string of the molecule is CC(=O)N1C2=CC=CCC2=Cc2ccccc21. The zero-order valence-corrected chi connectivity index (χ0v) is 9.68. The molecule has 0 saturated carbocycles. The van der Waals surface area contributed by atoms with Crippen molar-refractivity contribution in [3.63, 3.8) is 0 Å². The minimum absolute atomic E-state index is 0.0598. The molecule has 84 valence electrons. The van der Waals surface area contributed by atoms with Gasteiger partial charge in [-0.25, -0.2) is 0 Å². The van der Waals surface area contributed by atoms with E-state index in [9.17, 15) is 4.79 Å². The van der Waals surface area contributed by atoms with Gasteiger partial charge in [-0.2, -0.15) is 0 Å². The van der Waals surface area contributed by atoms with Crippen LogP contribution in [0.15, 0.2) is 53.8 Å². The number of nitrogens with zero attached hydrogens (tertiary/aromatic N) is 1. The Kier molecular flexibility index (Phi) is 2.22. The summed E-state index contributed by atoms with van der Waals surface area (Å²) in [6.07, 6.45) is 9.19. The number of carbonyl (C=O) groups is 1. The number of benzene rings is 1. The van der Waals surface area contributed by atoms with Crippen molar-refractivity contribution in [1.82, 2.24) is 0 Å². The molecule has 1 aromatic rings. The first-order chi connectivity index (χ1) is 8.27. The van der Waals surface area contributed by atoms with E-state index >= 15 is 0 Å². The molecule has 2 heteroatoms. The Hall–Kier alpha value is -2.09. The van der Waals surface area contributed by atoms with Crippen molar-refractivity contribution < 1.29 is 4.79 Å². The quantitative estimate of drug-likeness (QED) is 0.661.